The number of guanidine groups is 1. The molecular weight excluding hydrogens is 370 g/mol. The van der Waals surface area contributed by atoms with Crippen LogP contribution in [0.25, 0.3) is 0 Å². The highest BCUT2D eigenvalue weighted by atomic mass is 16.5. The van der Waals surface area contributed by atoms with Gasteiger partial charge in [0.15, 0.2) is 5.96 Å². The van der Waals surface area contributed by atoms with Gasteiger partial charge in [-0.2, -0.15) is 0 Å². The summed E-state index contributed by atoms with van der Waals surface area (Å²) < 4.78 is 16.4. The van der Waals surface area contributed by atoms with Crippen LogP contribution in [0.1, 0.15) is 47.2 Å². The van der Waals surface area contributed by atoms with Gasteiger partial charge in [0.1, 0.15) is 22.8 Å². The topological polar surface area (TPSA) is 85.1 Å². The lowest BCUT2D eigenvalue weighted by atomic mass is 10.2. The number of hydrogen-bond acceptors (Lipinski definition) is 5. The summed E-state index contributed by atoms with van der Waals surface area (Å²) in [7, 11) is 1.36. The number of esters is 1. The number of rotatable bonds is 9. The van der Waals surface area contributed by atoms with E-state index >= 15 is 0 Å². The molecule has 0 amide bonds. The maximum Gasteiger partial charge on any atom is 0.341 e. The standard InChI is InChI=1S/C22H29N3O4/c1-4-23-22(25-13-18-11-19(15(2)29-18)21(26)27-3)24-12-17-7-5-6-8-20(17)28-14-16-9-10-16/h5-8,11,16H,4,9-10,12-14H2,1-3H3,(H2,23,24,25). The van der Waals surface area contributed by atoms with E-state index < -0.39 is 5.97 Å². The van der Waals surface area contributed by atoms with Gasteiger partial charge in [0.25, 0.3) is 0 Å². The lowest BCUT2D eigenvalue weighted by molar-refractivity contribution is 0.0599. The minimum absolute atomic E-state index is 0.402. The van der Waals surface area contributed by atoms with Gasteiger partial charge in [0.05, 0.1) is 26.8 Å². The molecule has 2 N–H and O–H groups in total. The number of para-hydroxylation sites is 1. The number of aryl methyl sites for hydroxylation is 1. The van der Waals surface area contributed by atoms with E-state index in [4.69, 9.17) is 13.9 Å². The molecule has 3 rings (SSSR count). The summed E-state index contributed by atoms with van der Waals surface area (Å²) in [5.74, 6) is 3.04. The molecule has 1 aromatic carbocycles. The van der Waals surface area contributed by atoms with Gasteiger partial charge in [-0.15, -0.1) is 0 Å². The number of ether oxygens (including phenoxy) is 2. The van der Waals surface area contributed by atoms with Gasteiger partial charge in [-0.1, -0.05) is 18.2 Å². The number of nitrogens with one attached hydrogen (secondary N) is 2. The zero-order valence-electron chi connectivity index (χ0n) is 17.3. The van der Waals surface area contributed by atoms with Crippen LogP contribution in [-0.4, -0.2) is 32.2 Å². The number of benzene rings is 1. The molecule has 29 heavy (non-hydrogen) atoms. The van der Waals surface area contributed by atoms with Crippen LogP contribution in [0.15, 0.2) is 39.7 Å². The van der Waals surface area contributed by atoms with Crippen molar-refractivity contribution < 1.29 is 18.7 Å². The van der Waals surface area contributed by atoms with E-state index in [0.717, 1.165) is 24.5 Å². The van der Waals surface area contributed by atoms with Crippen molar-refractivity contribution in [1.29, 1.82) is 0 Å². The van der Waals surface area contributed by atoms with E-state index in [2.05, 4.69) is 15.6 Å². The number of furan rings is 1. The van der Waals surface area contributed by atoms with E-state index in [1.165, 1.54) is 20.0 Å². The molecule has 1 aromatic heterocycles. The van der Waals surface area contributed by atoms with Crippen molar-refractivity contribution in [3.63, 3.8) is 0 Å². The quantitative estimate of drug-likeness (QED) is 0.382. The first kappa shape index (κ1) is 20.8. The van der Waals surface area contributed by atoms with Crippen molar-refractivity contribution in [3.05, 3.63) is 53.0 Å². The van der Waals surface area contributed by atoms with Gasteiger partial charge in [-0.3, -0.25) is 0 Å². The van der Waals surface area contributed by atoms with Crippen molar-refractivity contribution in [3.8, 4) is 5.75 Å². The predicted molar refractivity (Wildman–Crippen MR) is 111 cm³/mol. The number of carbonyl (C=O) groups is 1. The highest BCUT2D eigenvalue weighted by Crippen LogP contribution is 2.30. The first-order chi connectivity index (χ1) is 14.1. The number of carbonyl (C=O) groups excluding carboxylic acids is 1. The van der Waals surface area contributed by atoms with Crippen molar-refractivity contribution in [2.24, 2.45) is 10.9 Å². The monoisotopic (exact) mass is 399 g/mol. The Morgan fingerprint density at radius 1 is 1.28 bits per heavy atom. The summed E-state index contributed by atoms with van der Waals surface area (Å²) in [6, 6.07) is 9.70. The highest BCUT2D eigenvalue weighted by molar-refractivity contribution is 5.90. The Morgan fingerprint density at radius 2 is 2.07 bits per heavy atom. The Labute approximate surface area is 171 Å². The van der Waals surface area contributed by atoms with Gasteiger partial charge < -0.3 is 24.5 Å². The van der Waals surface area contributed by atoms with Gasteiger partial charge >= 0.3 is 5.97 Å². The van der Waals surface area contributed by atoms with E-state index in [1.807, 2.05) is 31.2 Å². The van der Waals surface area contributed by atoms with Crippen LogP contribution in [0.2, 0.25) is 0 Å². The molecule has 0 spiro atoms. The second kappa shape index (κ2) is 10.0. The lowest BCUT2D eigenvalue weighted by Gasteiger charge is -2.12. The van der Waals surface area contributed by atoms with Gasteiger partial charge in [0.2, 0.25) is 0 Å². The summed E-state index contributed by atoms with van der Waals surface area (Å²) in [6.45, 7) is 6.17. The maximum absolute atomic E-state index is 11.7. The van der Waals surface area contributed by atoms with Gasteiger partial charge in [-0.25, -0.2) is 9.79 Å². The van der Waals surface area contributed by atoms with Crippen LogP contribution in [0, 0.1) is 12.8 Å². The van der Waals surface area contributed by atoms with Crippen LogP contribution < -0.4 is 15.4 Å². The zero-order valence-corrected chi connectivity index (χ0v) is 17.3. The normalized spacial score (nSPS) is 13.8. The van der Waals surface area contributed by atoms with Crippen LogP contribution in [0.5, 0.6) is 5.75 Å². The van der Waals surface area contributed by atoms with Gasteiger partial charge in [-0.05, 0) is 44.7 Å². The fraction of sp³-hybridized carbons (Fsp3) is 0.455. The molecule has 0 unspecified atom stereocenters. The smallest absolute Gasteiger partial charge is 0.341 e. The average Bonchev–Trinajstić information content (AvgIpc) is 3.49. The fourth-order valence-corrected chi connectivity index (χ4v) is 2.89. The maximum atomic E-state index is 11.7. The van der Waals surface area contributed by atoms with Crippen molar-refractivity contribution in [2.75, 3.05) is 20.3 Å². The van der Waals surface area contributed by atoms with E-state index in [0.29, 0.717) is 42.1 Å². The number of hydrogen-bond donors (Lipinski definition) is 2. The molecule has 1 fully saturated rings. The molecule has 7 nitrogen and oxygen atoms in total. The van der Waals surface area contributed by atoms with E-state index in [9.17, 15) is 4.79 Å². The highest BCUT2D eigenvalue weighted by Gasteiger charge is 2.22. The second-order valence-electron chi connectivity index (χ2n) is 7.08. The van der Waals surface area contributed by atoms with E-state index in [1.54, 1.807) is 13.0 Å². The molecule has 1 aliphatic rings. The Hall–Kier alpha value is -2.96. The summed E-state index contributed by atoms with van der Waals surface area (Å²) in [4.78, 5) is 16.4. The van der Waals surface area contributed by atoms with Crippen LogP contribution in [0.4, 0.5) is 0 Å². The number of aliphatic imine (C=N–C) groups is 1. The summed E-state index contributed by atoms with van der Waals surface area (Å²) >= 11 is 0. The van der Waals surface area contributed by atoms with Crippen molar-refractivity contribution in [2.45, 2.75) is 39.8 Å². The van der Waals surface area contributed by atoms with Crippen LogP contribution >= 0.6 is 0 Å². The Bertz CT molecular complexity index is 855. The predicted octanol–water partition coefficient (Wildman–Crippen LogP) is 3.42. The van der Waals surface area contributed by atoms with Crippen molar-refractivity contribution in [1.82, 2.24) is 10.6 Å². The summed E-state index contributed by atoms with van der Waals surface area (Å²) in [5.41, 5.74) is 1.49. The second-order valence-corrected chi connectivity index (χ2v) is 7.08. The van der Waals surface area contributed by atoms with Gasteiger partial charge in [0, 0.05) is 12.1 Å². The molecule has 0 aliphatic heterocycles. The summed E-state index contributed by atoms with van der Waals surface area (Å²) in [5, 5.41) is 6.46. The first-order valence-electron chi connectivity index (χ1n) is 10.0. The molecule has 0 saturated heterocycles. The molecule has 1 aliphatic carbocycles. The average molecular weight is 399 g/mol. The summed E-state index contributed by atoms with van der Waals surface area (Å²) in [6.07, 6.45) is 2.53. The lowest BCUT2D eigenvalue weighted by Crippen LogP contribution is -2.36. The minimum Gasteiger partial charge on any atom is -0.493 e. The largest absolute Gasteiger partial charge is 0.493 e. The first-order valence-corrected chi connectivity index (χ1v) is 10.0. The van der Waals surface area contributed by atoms with Crippen LogP contribution in [0.3, 0.4) is 0 Å². The third kappa shape index (κ3) is 6.01. The molecule has 7 heteroatoms. The van der Waals surface area contributed by atoms with Crippen LogP contribution in [-0.2, 0) is 17.8 Å². The molecule has 1 heterocycles. The molecule has 1 saturated carbocycles. The molecule has 156 valence electrons. The van der Waals surface area contributed by atoms with E-state index in [-0.39, 0.29) is 0 Å². The third-order valence-electron chi connectivity index (χ3n) is 4.70. The fourth-order valence-electron chi connectivity index (χ4n) is 2.89. The Morgan fingerprint density at radius 3 is 2.79 bits per heavy atom. The number of nitrogens with zero attached hydrogens (tertiary/aromatic N) is 1. The Kier molecular flexibility index (Phi) is 7.16. The molecule has 0 bridgehead atoms. The minimum atomic E-state index is -0.402. The third-order valence-corrected chi connectivity index (χ3v) is 4.70. The van der Waals surface area contributed by atoms with Crippen molar-refractivity contribution >= 4 is 11.9 Å². The molecule has 2 aromatic rings. The molecular formula is C22H29N3O4. The Balaban J connectivity index is 1.62. The number of methoxy groups -OCH3 is 1. The SMILES string of the molecule is CCNC(=NCc1ccccc1OCC1CC1)NCc1cc(C(=O)OC)c(C)o1. The zero-order chi connectivity index (χ0) is 20.6. The molecule has 0 radical (unpaired) electrons. The molecule has 0 atom stereocenters.